The Morgan fingerprint density at radius 2 is 2.13 bits per heavy atom. The van der Waals surface area contributed by atoms with Crippen LogP contribution in [0.5, 0.6) is 0 Å². The van der Waals surface area contributed by atoms with Gasteiger partial charge in [0.25, 0.3) is 0 Å². The zero-order chi connectivity index (χ0) is 11.3. The summed E-state index contributed by atoms with van der Waals surface area (Å²) in [5, 5.41) is 18.8. The molecule has 15 heavy (non-hydrogen) atoms. The molecule has 0 amide bonds. The lowest BCUT2D eigenvalue weighted by molar-refractivity contribution is -0.138. The average Bonchev–Trinajstić information content (AvgIpc) is 2.50. The predicted molar refractivity (Wildman–Crippen MR) is 56.4 cm³/mol. The first kappa shape index (κ1) is 10.9. The van der Waals surface area contributed by atoms with Crippen molar-refractivity contribution < 1.29 is 15.0 Å². The Morgan fingerprint density at radius 3 is 2.53 bits per heavy atom. The number of carbonyl (C=O) groups is 1. The zero-order valence-corrected chi connectivity index (χ0v) is 9.49. The molecule has 0 heterocycles. The van der Waals surface area contributed by atoms with E-state index in [2.05, 4.69) is 13.8 Å². The minimum atomic E-state index is -0.722. The van der Waals surface area contributed by atoms with Crippen LogP contribution in [0.25, 0.3) is 0 Å². The molecule has 2 aliphatic carbocycles. The monoisotopic (exact) mass is 212 g/mol. The van der Waals surface area contributed by atoms with Crippen molar-refractivity contribution in [2.75, 3.05) is 0 Å². The molecule has 0 aromatic carbocycles. The number of aliphatic carboxylic acids is 1. The van der Waals surface area contributed by atoms with Gasteiger partial charge in [-0.2, -0.15) is 0 Å². The minimum absolute atomic E-state index is 0.0325. The van der Waals surface area contributed by atoms with Gasteiger partial charge in [0.05, 0.1) is 6.10 Å². The van der Waals surface area contributed by atoms with Gasteiger partial charge in [0.15, 0.2) is 0 Å². The van der Waals surface area contributed by atoms with Crippen molar-refractivity contribution >= 4 is 5.97 Å². The van der Waals surface area contributed by atoms with Gasteiger partial charge in [-0.25, -0.2) is 0 Å². The summed E-state index contributed by atoms with van der Waals surface area (Å²) < 4.78 is 0. The molecular weight excluding hydrogens is 192 g/mol. The Hall–Kier alpha value is -0.570. The van der Waals surface area contributed by atoms with E-state index in [0.717, 1.165) is 19.3 Å². The number of hydrogen-bond donors (Lipinski definition) is 2. The van der Waals surface area contributed by atoms with Crippen LogP contribution in [0.1, 0.15) is 46.0 Å². The highest BCUT2D eigenvalue weighted by Gasteiger charge is 2.62. The molecule has 0 aromatic rings. The van der Waals surface area contributed by atoms with Gasteiger partial charge < -0.3 is 10.2 Å². The summed E-state index contributed by atoms with van der Waals surface area (Å²) in [6.45, 7) is 4.30. The fraction of sp³-hybridized carbons (Fsp3) is 0.917. The molecule has 4 atom stereocenters. The van der Waals surface area contributed by atoms with E-state index in [-0.39, 0.29) is 23.4 Å². The van der Waals surface area contributed by atoms with E-state index in [0.29, 0.717) is 12.3 Å². The summed E-state index contributed by atoms with van der Waals surface area (Å²) in [5.74, 6) is -0.197. The molecule has 2 fully saturated rings. The first-order valence-corrected chi connectivity index (χ1v) is 5.80. The van der Waals surface area contributed by atoms with E-state index in [1.807, 2.05) is 0 Å². The molecular formula is C12H20O3. The number of carboxylic acids is 1. The molecule has 2 bridgehead atoms. The molecule has 2 aliphatic rings. The van der Waals surface area contributed by atoms with Crippen molar-refractivity contribution in [1.29, 1.82) is 0 Å². The van der Waals surface area contributed by atoms with Crippen LogP contribution in [0.15, 0.2) is 0 Å². The minimum Gasteiger partial charge on any atom is -0.481 e. The van der Waals surface area contributed by atoms with Crippen LogP contribution in [-0.4, -0.2) is 22.3 Å². The van der Waals surface area contributed by atoms with Crippen LogP contribution in [0.4, 0.5) is 0 Å². The maximum Gasteiger partial charge on any atom is 0.303 e. The summed E-state index contributed by atoms with van der Waals surface area (Å²) in [5.41, 5.74) is -0.0159. The maximum absolute atomic E-state index is 10.7. The van der Waals surface area contributed by atoms with E-state index in [9.17, 15) is 9.90 Å². The molecule has 3 heteroatoms. The average molecular weight is 212 g/mol. The van der Waals surface area contributed by atoms with Gasteiger partial charge in [0.2, 0.25) is 0 Å². The van der Waals surface area contributed by atoms with Crippen molar-refractivity contribution in [3.63, 3.8) is 0 Å². The number of hydrogen-bond acceptors (Lipinski definition) is 2. The van der Waals surface area contributed by atoms with Crippen LogP contribution in [0, 0.1) is 16.7 Å². The topological polar surface area (TPSA) is 57.5 Å². The van der Waals surface area contributed by atoms with Crippen molar-refractivity contribution in [2.24, 2.45) is 16.7 Å². The fourth-order valence-electron chi connectivity index (χ4n) is 3.86. The third-order valence-corrected chi connectivity index (χ3v) is 5.32. The number of fused-ring (bicyclic) bond motifs is 2. The van der Waals surface area contributed by atoms with E-state index < -0.39 is 5.97 Å². The number of aliphatic hydroxyl groups is 1. The van der Waals surface area contributed by atoms with Gasteiger partial charge in [0, 0.05) is 6.42 Å². The Morgan fingerprint density at radius 1 is 1.47 bits per heavy atom. The third kappa shape index (κ3) is 1.32. The molecule has 0 radical (unpaired) electrons. The lowest BCUT2D eigenvalue weighted by Crippen LogP contribution is -2.37. The van der Waals surface area contributed by atoms with E-state index >= 15 is 0 Å². The predicted octanol–water partition coefficient (Wildman–Crippen LogP) is 2.04. The molecule has 0 spiro atoms. The Bertz CT molecular complexity index is 289. The summed E-state index contributed by atoms with van der Waals surface area (Å²) in [4.78, 5) is 10.7. The van der Waals surface area contributed by atoms with Gasteiger partial charge in [-0.3, -0.25) is 4.79 Å². The SMILES string of the molecule is C[C@]1(CCC(=O)O)[C@H]2CC[C@]1(C)[C@H](O)C2. The van der Waals surface area contributed by atoms with Gasteiger partial charge >= 0.3 is 5.97 Å². The molecule has 0 aliphatic heterocycles. The van der Waals surface area contributed by atoms with Crippen LogP contribution in [-0.2, 0) is 4.79 Å². The van der Waals surface area contributed by atoms with Crippen molar-refractivity contribution in [1.82, 2.24) is 0 Å². The lowest BCUT2D eigenvalue weighted by atomic mass is 9.66. The fourth-order valence-corrected chi connectivity index (χ4v) is 3.86. The first-order chi connectivity index (χ1) is 6.90. The second kappa shape index (κ2) is 3.21. The summed E-state index contributed by atoms with van der Waals surface area (Å²) in [7, 11) is 0. The van der Waals surface area contributed by atoms with Gasteiger partial charge in [0.1, 0.15) is 0 Å². The maximum atomic E-state index is 10.7. The zero-order valence-electron chi connectivity index (χ0n) is 9.49. The second-order valence-electron chi connectivity index (χ2n) is 5.72. The van der Waals surface area contributed by atoms with Crippen LogP contribution < -0.4 is 0 Å². The summed E-state index contributed by atoms with van der Waals surface area (Å²) >= 11 is 0. The molecule has 2 N–H and O–H groups in total. The highest BCUT2D eigenvalue weighted by Crippen LogP contribution is 2.67. The van der Waals surface area contributed by atoms with E-state index in [4.69, 9.17) is 5.11 Å². The van der Waals surface area contributed by atoms with Gasteiger partial charge in [-0.15, -0.1) is 0 Å². The largest absolute Gasteiger partial charge is 0.481 e. The van der Waals surface area contributed by atoms with Crippen LogP contribution >= 0.6 is 0 Å². The third-order valence-electron chi connectivity index (χ3n) is 5.32. The standard InChI is InChI=1S/C12H20O3/c1-11(6-4-10(14)15)8-3-5-12(11,2)9(13)7-8/h8-9,13H,3-7H2,1-2H3,(H,14,15)/t8-,9+,11-,12+/m0/s1. The Kier molecular flexibility index (Phi) is 2.34. The number of rotatable bonds is 3. The Labute approximate surface area is 90.5 Å². The quantitative estimate of drug-likeness (QED) is 0.752. The molecule has 2 saturated carbocycles. The molecule has 0 aromatic heterocycles. The first-order valence-electron chi connectivity index (χ1n) is 5.80. The van der Waals surface area contributed by atoms with Crippen molar-refractivity contribution in [2.45, 2.75) is 52.1 Å². The Balaban J connectivity index is 2.17. The lowest BCUT2D eigenvalue weighted by Gasteiger charge is -2.39. The van der Waals surface area contributed by atoms with Crippen LogP contribution in [0.3, 0.4) is 0 Å². The van der Waals surface area contributed by atoms with Crippen LogP contribution in [0.2, 0.25) is 0 Å². The second-order valence-corrected chi connectivity index (χ2v) is 5.72. The normalized spacial score (nSPS) is 48.5. The van der Waals surface area contributed by atoms with E-state index in [1.165, 1.54) is 0 Å². The number of carboxylic acid groups (broad SMARTS) is 1. The van der Waals surface area contributed by atoms with Crippen molar-refractivity contribution in [3.05, 3.63) is 0 Å². The van der Waals surface area contributed by atoms with E-state index in [1.54, 1.807) is 0 Å². The summed E-state index contributed by atoms with van der Waals surface area (Å²) in [6, 6.07) is 0. The smallest absolute Gasteiger partial charge is 0.303 e. The van der Waals surface area contributed by atoms with Crippen molar-refractivity contribution in [3.8, 4) is 0 Å². The van der Waals surface area contributed by atoms with Gasteiger partial charge in [-0.05, 0) is 42.4 Å². The highest BCUT2D eigenvalue weighted by molar-refractivity contribution is 5.66. The molecule has 3 nitrogen and oxygen atoms in total. The molecule has 0 unspecified atom stereocenters. The number of aliphatic hydroxyl groups excluding tert-OH is 1. The molecule has 86 valence electrons. The molecule has 0 saturated heterocycles. The highest BCUT2D eigenvalue weighted by atomic mass is 16.4. The summed E-state index contributed by atoms with van der Waals surface area (Å²) in [6.07, 6.45) is 3.79. The van der Waals surface area contributed by atoms with Gasteiger partial charge in [-0.1, -0.05) is 13.8 Å². The molecule has 2 rings (SSSR count).